The molecular formula is C16H10N2O4S. The number of nitro benzene ring substituents is 1. The van der Waals surface area contributed by atoms with E-state index in [-0.39, 0.29) is 11.4 Å². The Hall–Kier alpha value is -2.93. The third-order valence-electron chi connectivity index (χ3n) is 2.99. The second-order valence-electron chi connectivity index (χ2n) is 4.56. The lowest BCUT2D eigenvalue weighted by Crippen LogP contribution is -1.90. The predicted octanol–water partition coefficient (Wildman–Crippen LogP) is 4.21. The van der Waals surface area contributed by atoms with Crippen LogP contribution in [0.1, 0.15) is 10.6 Å². The molecule has 0 saturated carbocycles. The van der Waals surface area contributed by atoms with Crippen molar-refractivity contribution in [3.63, 3.8) is 0 Å². The van der Waals surface area contributed by atoms with Crippen molar-refractivity contribution in [1.82, 2.24) is 4.98 Å². The van der Waals surface area contributed by atoms with Crippen LogP contribution in [0.4, 0.5) is 5.69 Å². The highest BCUT2D eigenvalue weighted by Crippen LogP contribution is 2.34. The summed E-state index contributed by atoms with van der Waals surface area (Å²) in [6.07, 6.45) is 2.24. The average molecular weight is 326 g/mol. The number of aromatic nitrogens is 1. The number of pyridine rings is 1. The minimum Gasteiger partial charge on any atom is -0.453 e. The maximum Gasteiger partial charge on any atom is 0.271 e. The lowest BCUT2D eigenvalue weighted by Gasteiger charge is -2.04. The van der Waals surface area contributed by atoms with E-state index in [9.17, 15) is 14.9 Å². The normalized spacial score (nSPS) is 10.4. The number of carbonyl (C=O) groups excluding carboxylic acids is 1. The summed E-state index contributed by atoms with van der Waals surface area (Å²) in [6.45, 7) is 0. The van der Waals surface area contributed by atoms with Gasteiger partial charge >= 0.3 is 0 Å². The topological polar surface area (TPSA) is 86.2 Å². The smallest absolute Gasteiger partial charge is 0.271 e. The molecule has 0 saturated heterocycles. The van der Waals surface area contributed by atoms with Gasteiger partial charge in [-0.25, -0.2) is 4.98 Å². The van der Waals surface area contributed by atoms with Crippen molar-refractivity contribution in [2.45, 2.75) is 9.92 Å². The lowest BCUT2D eigenvalue weighted by atomic mass is 10.1. The minimum atomic E-state index is -0.463. The zero-order chi connectivity index (χ0) is 16.2. The van der Waals surface area contributed by atoms with Crippen molar-refractivity contribution in [3.05, 3.63) is 70.6 Å². The molecule has 0 atom stereocenters. The number of carbonyl (C=O) groups is 1. The highest BCUT2D eigenvalue weighted by atomic mass is 32.2. The van der Waals surface area contributed by atoms with E-state index in [0.717, 1.165) is 5.03 Å². The van der Waals surface area contributed by atoms with Gasteiger partial charge in [-0.05, 0) is 30.3 Å². The summed E-state index contributed by atoms with van der Waals surface area (Å²) in [4.78, 5) is 26.3. The third-order valence-corrected chi connectivity index (χ3v) is 3.91. The maximum atomic E-state index is 11.1. The van der Waals surface area contributed by atoms with Crippen molar-refractivity contribution in [1.29, 1.82) is 0 Å². The van der Waals surface area contributed by atoms with E-state index >= 15 is 0 Å². The zero-order valence-electron chi connectivity index (χ0n) is 11.7. The van der Waals surface area contributed by atoms with Gasteiger partial charge in [-0.1, -0.05) is 17.8 Å². The molecule has 0 aliphatic heterocycles. The summed E-state index contributed by atoms with van der Waals surface area (Å²) >= 11 is 1.31. The minimum absolute atomic E-state index is 0.0509. The molecule has 2 aromatic heterocycles. The highest BCUT2D eigenvalue weighted by molar-refractivity contribution is 7.99. The van der Waals surface area contributed by atoms with Crippen molar-refractivity contribution in [2.75, 3.05) is 0 Å². The fourth-order valence-corrected chi connectivity index (χ4v) is 2.86. The molecule has 0 fully saturated rings. The number of nitro groups is 1. The Balaban J connectivity index is 2.02. The van der Waals surface area contributed by atoms with E-state index in [1.807, 2.05) is 12.1 Å². The first-order valence-electron chi connectivity index (χ1n) is 6.59. The van der Waals surface area contributed by atoms with Crippen LogP contribution in [-0.4, -0.2) is 16.2 Å². The van der Waals surface area contributed by atoms with Crippen LogP contribution >= 0.6 is 11.8 Å². The molecule has 7 heteroatoms. The van der Waals surface area contributed by atoms with Crippen LogP contribution in [0.2, 0.25) is 0 Å². The average Bonchev–Trinajstić information content (AvgIpc) is 3.04. The molecule has 0 bridgehead atoms. The highest BCUT2D eigenvalue weighted by Gasteiger charge is 2.14. The first-order valence-corrected chi connectivity index (χ1v) is 7.41. The SMILES string of the molecule is O=Cc1ccc(-c2cc(Sc3ccccn3)cc([N+](=O)[O-])c2)o1. The second-order valence-corrected chi connectivity index (χ2v) is 5.66. The molecule has 3 rings (SSSR count). The number of furan rings is 1. The molecule has 1 aromatic carbocycles. The van der Waals surface area contributed by atoms with Crippen molar-refractivity contribution in [2.24, 2.45) is 0 Å². The molecule has 0 unspecified atom stereocenters. The van der Waals surface area contributed by atoms with Gasteiger partial charge in [0, 0.05) is 28.8 Å². The molecule has 0 aliphatic carbocycles. The van der Waals surface area contributed by atoms with E-state index in [1.165, 1.54) is 30.0 Å². The molecule has 3 aromatic rings. The number of nitrogens with zero attached hydrogens (tertiary/aromatic N) is 2. The summed E-state index contributed by atoms with van der Waals surface area (Å²) in [5.41, 5.74) is 0.482. The van der Waals surface area contributed by atoms with Crippen LogP contribution in [-0.2, 0) is 0 Å². The van der Waals surface area contributed by atoms with Crippen molar-refractivity contribution in [3.8, 4) is 11.3 Å². The Bertz CT molecular complexity index is 862. The van der Waals surface area contributed by atoms with Gasteiger partial charge in [-0.15, -0.1) is 0 Å². The van der Waals surface area contributed by atoms with Crippen LogP contribution in [0.15, 0.2) is 69.1 Å². The standard InChI is InChI=1S/C16H10N2O4S/c19-10-13-4-5-15(22-13)11-7-12(18(20)21)9-14(8-11)23-16-3-1-2-6-17-16/h1-10H. The summed E-state index contributed by atoms with van der Waals surface area (Å²) in [5, 5.41) is 11.9. The monoisotopic (exact) mass is 326 g/mol. The Kier molecular flexibility index (Phi) is 4.20. The van der Waals surface area contributed by atoms with Gasteiger partial charge in [0.05, 0.1) is 4.92 Å². The maximum absolute atomic E-state index is 11.1. The van der Waals surface area contributed by atoms with Crippen LogP contribution in [0, 0.1) is 10.1 Å². The third kappa shape index (κ3) is 3.46. The Morgan fingerprint density at radius 2 is 2.04 bits per heavy atom. The molecule has 0 aliphatic rings. The Labute approximate surface area is 135 Å². The summed E-state index contributed by atoms with van der Waals surface area (Å²) in [7, 11) is 0. The largest absolute Gasteiger partial charge is 0.453 e. The van der Waals surface area contributed by atoms with Gasteiger partial charge in [0.2, 0.25) is 0 Å². The van der Waals surface area contributed by atoms with E-state index in [0.29, 0.717) is 22.5 Å². The summed E-state index contributed by atoms with van der Waals surface area (Å²) in [6, 6.07) is 13.2. The molecule has 23 heavy (non-hydrogen) atoms. The lowest BCUT2D eigenvalue weighted by molar-refractivity contribution is -0.385. The van der Waals surface area contributed by atoms with E-state index < -0.39 is 4.92 Å². The van der Waals surface area contributed by atoms with Gasteiger partial charge < -0.3 is 4.42 Å². The van der Waals surface area contributed by atoms with Crippen molar-refractivity contribution >= 4 is 23.7 Å². The van der Waals surface area contributed by atoms with Gasteiger partial charge in [0.15, 0.2) is 12.0 Å². The van der Waals surface area contributed by atoms with E-state index in [4.69, 9.17) is 4.42 Å². The molecule has 2 heterocycles. The first kappa shape index (κ1) is 15.0. The fraction of sp³-hybridized carbons (Fsp3) is 0. The molecule has 0 N–H and O–H groups in total. The Morgan fingerprint density at radius 3 is 2.70 bits per heavy atom. The van der Waals surface area contributed by atoms with Gasteiger partial charge in [0.1, 0.15) is 10.8 Å². The molecular weight excluding hydrogens is 316 g/mol. The van der Waals surface area contributed by atoms with Gasteiger partial charge in [-0.3, -0.25) is 14.9 Å². The van der Waals surface area contributed by atoms with Crippen LogP contribution in [0.3, 0.4) is 0 Å². The first-order chi connectivity index (χ1) is 11.2. The van der Waals surface area contributed by atoms with E-state index in [2.05, 4.69) is 4.98 Å². The predicted molar refractivity (Wildman–Crippen MR) is 84.5 cm³/mol. The number of aldehydes is 1. The molecule has 0 amide bonds. The van der Waals surface area contributed by atoms with Gasteiger partial charge in [0.25, 0.3) is 5.69 Å². The number of non-ortho nitro benzene ring substituents is 1. The van der Waals surface area contributed by atoms with Crippen LogP contribution < -0.4 is 0 Å². The second kappa shape index (κ2) is 6.45. The van der Waals surface area contributed by atoms with Crippen LogP contribution in [0.25, 0.3) is 11.3 Å². The van der Waals surface area contributed by atoms with E-state index in [1.54, 1.807) is 24.4 Å². The summed E-state index contributed by atoms with van der Waals surface area (Å²) < 4.78 is 5.34. The number of hydrogen-bond acceptors (Lipinski definition) is 6. The van der Waals surface area contributed by atoms with Crippen molar-refractivity contribution < 1.29 is 14.1 Å². The summed E-state index contributed by atoms with van der Waals surface area (Å²) in [5.74, 6) is 0.573. The molecule has 0 spiro atoms. The molecule has 114 valence electrons. The quantitative estimate of drug-likeness (QED) is 0.396. The molecule has 0 radical (unpaired) electrons. The number of benzene rings is 1. The van der Waals surface area contributed by atoms with Gasteiger partial charge in [-0.2, -0.15) is 0 Å². The van der Waals surface area contributed by atoms with Crippen LogP contribution in [0.5, 0.6) is 0 Å². The number of hydrogen-bond donors (Lipinski definition) is 0. The fourth-order valence-electron chi connectivity index (χ4n) is 1.99. The number of rotatable bonds is 5. The molecule has 6 nitrogen and oxygen atoms in total. The Morgan fingerprint density at radius 1 is 1.17 bits per heavy atom. The zero-order valence-corrected chi connectivity index (χ0v) is 12.5.